The number of nitrogens with zero attached hydrogens (tertiary/aromatic N) is 7. The predicted molar refractivity (Wildman–Crippen MR) is 146 cm³/mol. The number of aryl methyl sites for hydroxylation is 1. The predicted octanol–water partition coefficient (Wildman–Crippen LogP) is 5.05. The second-order valence-electron chi connectivity index (χ2n) is 11.3. The van der Waals surface area contributed by atoms with Gasteiger partial charge < -0.3 is 14.8 Å². The van der Waals surface area contributed by atoms with Crippen molar-refractivity contribution >= 4 is 22.8 Å². The number of rotatable bonds is 7. The Kier molecular flexibility index (Phi) is 6.61. The Labute approximate surface area is 234 Å². The zero-order valence-electron chi connectivity index (χ0n) is 22.6. The van der Waals surface area contributed by atoms with Crippen LogP contribution in [0.1, 0.15) is 30.8 Å². The van der Waals surface area contributed by atoms with Crippen molar-refractivity contribution in [1.29, 1.82) is 0 Å². The molecule has 2 saturated heterocycles. The number of hydrogen-bond acceptors (Lipinski definition) is 7. The Balaban J connectivity index is 1.08. The summed E-state index contributed by atoms with van der Waals surface area (Å²) in [7, 11) is 0. The number of benzene rings is 1. The molecule has 41 heavy (non-hydrogen) atoms. The van der Waals surface area contributed by atoms with Gasteiger partial charge in [0.25, 0.3) is 6.43 Å². The van der Waals surface area contributed by atoms with E-state index in [-0.39, 0.29) is 34.7 Å². The van der Waals surface area contributed by atoms with E-state index in [4.69, 9.17) is 0 Å². The molecule has 0 radical (unpaired) electrons. The molecule has 0 amide bonds. The fourth-order valence-corrected chi connectivity index (χ4v) is 6.70. The normalized spacial score (nSPS) is 22.6. The average molecular weight is 567 g/mol. The van der Waals surface area contributed by atoms with Crippen LogP contribution in [-0.2, 0) is 13.0 Å². The minimum atomic E-state index is -2.62. The van der Waals surface area contributed by atoms with Gasteiger partial charge in [0.2, 0.25) is 5.95 Å². The number of halogens is 4. The first-order valence-corrected chi connectivity index (χ1v) is 14.0. The fourth-order valence-electron chi connectivity index (χ4n) is 6.70. The van der Waals surface area contributed by atoms with Gasteiger partial charge in [-0.25, -0.2) is 37.5 Å². The smallest absolute Gasteiger partial charge is 0.259 e. The monoisotopic (exact) mass is 566 g/mol. The van der Waals surface area contributed by atoms with E-state index in [0.717, 1.165) is 55.8 Å². The summed E-state index contributed by atoms with van der Waals surface area (Å²) in [4.78, 5) is 22.0. The molecule has 3 aromatic heterocycles. The molecule has 3 atom stereocenters. The van der Waals surface area contributed by atoms with Gasteiger partial charge in [-0.3, -0.25) is 4.90 Å². The Morgan fingerprint density at radius 2 is 1.73 bits per heavy atom. The Hall–Kier alpha value is -3.64. The Morgan fingerprint density at radius 1 is 0.951 bits per heavy atom. The zero-order valence-corrected chi connectivity index (χ0v) is 22.6. The van der Waals surface area contributed by atoms with E-state index < -0.39 is 24.1 Å². The molecule has 0 spiro atoms. The van der Waals surface area contributed by atoms with E-state index >= 15 is 4.39 Å². The lowest BCUT2D eigenvalue weighted by atomic mass is 10.0. The van der Waals surface area contributed by atoms with Crippen molar-refractivity contribution in [3.05, 3.63) is 59.7 Å². The summed E-state index contributed by atoms with van der Waals surface area (Å²) < 4.78 is 58.5. The zero-order chi connectivity index (χ0) is 28.2. The Bertz CT molecular complexity index is 1580. The van der Waals surface area contributed by atoms with Crippen LogP contribution in [0.15, 0.2) is 36.7 Å². The highest BCUT2D eigenvalue weighted by Crippen LogP contribution is 2.37. The van der Waals surface area contributed by atoms with Crippen LogP contribution in [-0.4, -0.2) is 73.5 Å². The van der Waals surface area contributed by atoms with Crippen LogP contribution in [0.3, 0.4) is 0 Å². The maximum Gasteiger partial charge on any atom is 0.259 e. The first-order chi connectivity index (χ1) is 19.9. The van der Waals surface area contributed by atoms with Gasteiger partial charge in [0.1, 0.15) is 22.9 Å². The van der Waals surface area contributed by atoms with Crippen molar-refractivity contribution < 1.29 is 17.6 Å². The third-order valence-electron chi connectivity index (χ3n) is 8.68. The molecule has 0 bridgehead atoms. The van der Waals surface area contributed by atoms with Crippen LogP contribution in [0.25, 0.3) is 22.3 Å². The maximum absolute atomic E-state index is 15.0. The molecule has 1 N–H and O–H groups in total. The van der Waals surface area contributed by atoms with Gasteiger partial charge in [0.05, 0.1) is 17.8 Å². The number of nitrogens with one attached hydrogen (secondary N) is 1. The number of anilines is 2. The van der Waals surface area contributed by atoms with Gasteiger partial charge in [0, 0.05) is 50.9 Å². The quantitative estimate of drug-likeness (QED) is 0.314. The van der Waals surface area contributed by atoms with Crippen molar-refractivity contribution in [1.82, 2.24) is 34.3 Å². The lowest BCUT2D eigenvalue weighted by Crippen LogP contribution is -2.28. The van der Waals surface area contributed by atoms with Gasteiger partial charge in [-0.1, -0.05) is 13.0 Å². The summed E-state index contributed by atoms with van der Waals surface area (Å²) >= 11 is 0. The van der Waals surface area contributed by atoms with Gasteiger partial charge in [-0.05, 0) is 48.6 Å². The molecule has 0 saturated carbocycles. The highest BCUT2D eigenvalue weighted by atomic mass is 19.3. The number of hydrogen-bond donors (Lipinski definition) is 1. The number of pyridine rings is 1. The van der Waals surface area contributed by atoms with Crippen molar-refractivity contribution in [3.8, 4) is 11.3 Å². The molecule has 0 aliphatic carbocycles. The highest BCUT2D eigenvalue weighted by molar-refractivity contribution is 5.83. The molecule has 6 heterocycles. The summed E-state index contributed by atoms with van der Waals surface area (Å²) in [5.41, 5.74) is 1.26. The summed E-state index contributed by atoms with van der Waals surface area (Å²) in [6.45, 7) is 8.73. The van der Waals surface area contributed by atoms with E-state index in [0.29, 0.717) is 18.1 Å². The second kappa shape index (κ2) is 10.3. The molecule has 3 aliphatic rings. The highest BCUT2D eigenvalue weighted by Gasteiger charge is 2.39. The molecule has 7 rings (SSSR count). The second-order valence-corrected chi connectivity index (χ2v) is 11.3. The molecular formula is C29H30F4N8. The minimum absolute atomic E-state index is 0.00808. The van der Waals surface area contributed by atoms with Crippen molar-refractivity contribution in [2.45, 2.75) is 38.8 Å². The molecule has 1 aromatic carbocycles. The number of likely N-dealkylation sites (tertiary alicyclic amines) is 2. The largest absolute Gasteiger partial charge is 0.319 e. The standard InChI is InChI=1S/C29H30F4N8/c1-2-39-12-18-14-40(15-19(18)13-39)11-16-3-5-24(34-9-16)36-29-35-10-21(31)26(38-29)17-7-20(30)27-23(8-17)41-22(28(32)33)4-6-25(41)37-27/h3,5,7-10,18-19,22,28H,2,4,6,11-15H2,1H3,(H,34,35,36,38). The van der Waals surface area contributed by atoms with E-state index in [2.05, 4.69) is 42.0 Å². The number of imidazole rings is 1. The van der Waals surface area contributed by atoms with Gasteiger partial charge in [0.15, 0.2) is 11.6 Å². The third-order valence-corrected chi connectivity index (χ3v) is 8.68. The molecule has 12 heteroatoms. The van der Waals surface area contributed by atoms with Gasteiger partial charge >= 0.3 is 0 Å². The summed E-state index contributed by atoms with van der Waals surface area (Å²) in [6.07, 6.45) is 0.736. The number of alkyl halides is 2. The van der Waals surface area contributed by atoms with Crippen LogP contribution < -0.4 is 5.32 Å². The van der Waals surface area contributed by atoms with Crippen LogP contribution in [0.4, 0.5) is 29.3 Å². The van der Waals surface area contributed by atoms with Gasteiger partial charge in [-0.2, -0.15) is 0 Å². The van der Waals surface area contributed by atoms with Crippen LogP contribution in [0.2, 0.25) is 0 Å². The van der Waals surface area contributed by atoms with Crippen molar-refractivity contribution in [3.63, 3.8) is 0 Å². The third kappa shape index (κ3) is 4.82. The van der Waals surface area contributed by atoms with E-state index in [1.54, 1.807) is 0 Å². The maximum atomic E-state index is 15.0. The van der Waals surface area contributed by atoms with Crippen molar-refractivity contribution in [2.75, 3.05) is 38.0 Å². The average Bonchev–Trinajstić information content (AvgIpc) is 3.71. The molecule has 4 aromatic rings. The lowest BCUT2D eigenvalue weighted by Gasteiger charge is -2.20. The first-order valence-electron chi connectivity index (χ1n) is 14.0. The van der Waals surface area contributed by atoms with Crippen LogP contribution in [0, 0.1) is 23.5 Å². The number of aromatic nitrogens is 5. The van der Waals surface area contributed by atoms with E-state index in [9.17, 15) is 13.2 Å². The Morgan fingerprint density at radius 3 is 2.44 bits per heavy atom. The summed E-state index contributed by atoms with van der Waals surface area (Å²) in [5, 5.41) is 2.99. The molecule has 8 nitrogen and oxygen atoms in total. The lowest BCUT2D eigenvalue weighted by molar-refractivity contribution is 0.0883. The summed E-state index contributed by atoms with van der Waals surface area (Å²) in [6, 6.07) is 5.31. The van der Waals surface area contributed by atoms with E-state index in [1.807, 2.05) is 18.3 Å². The molecule has 2 fully saturated rings. The molecule has 3 unspecified atom stereocenters. The number of fused-ring (bicyclic) bond motifs is 4. The SMILES string of the molecule is CCN1CC2CN(Cc3ccc(Nc4ncc(F)c(-c5cc(F)c6nc7n(c6c5)C(C(F)F)CC7)n4)nc3)CC2C1. The molecular weight excluding hydrogens is 536 g/mol. The fraction of sp³-hybridized carbons (Fsp3) is 0.448. The minimum Gasteiger partial charge on any atom is -0.319 e. The van der Waals surface area contributed by atoms with Crippen molar-refractivity contribution in [2.24, 2.45) is 11.8 Å². The van der Waals surface area contributed by atoms with E-state index in [1.165, 1.54) is 23.7 Å². The molecule has 3 aliphatic heterocycles. The first kappa shape index (κ1) is 26.3. The molecule has 214 valence electrons. The summed E-state index contributed by atoms with van der Waals surface area (Å²) in [5.74, 6) is 0.962. The van der Waals surface area contributed by atoms with Crippen LogP contribution >= 0.6 is 0 Å². The van der Waals surface area contributed by atoms with Gasteiger partial charge in [-0.15, -0.1) is 0 Å². The van der Waals surface area contributed by atoms with Crippen LogP contribution in [0.5, 0.6) is 0 Å². The topological polar surface area (TPSA) is 75.0 Å².